The summed E-state index contributed by atoms with van der Waals surface area (Å²) in [5.74, 6) is 1.58. The van der Waals surface area contributed by atoms with E-state index in [2.05, 4.69) is 22.5 Å². The molecule has 4 aliphatic carbocycles. The Morgan fingerprint density at radius 1 is 1.22 bits per heavy atom. The van der Waals surface area contributed by atoms with Gasteiger partial charge in [-0.1, -0.05) is 6.92 Å². The molecule has 0 bridgehead atoms. The van der Waals surface area contributed by atoms with Crippen LogP contribution in [-0.2, 0) is 21.4 Å². The molecule has 1 N–H and O–H groups in total. The normalized spacial score (nSPS) is 42.4. The van der Waals surface area contributed by atoms with Crippen molar-refractivity contribution in [2.45, 2.75) is 83.8 Å². The molecule has 1 heterocycles. The monoisotopic (exact) mass is 514 g/mol. The summed E-state index contributed by atoms with van der Waals surface area (Å²) in [5, 5.41) is 24.1. The van der Waals surface area contributed by atoms with Crippen LogP contribution in [0, 0.1) is 51.8 Å². The van der Waals surface area contributed by atoms with Gasteiger partial charge in [0, 0.05) is 23.7 Å². The van der Waals surface area contributed by atoms with Crippen LogP contribution in [0.25, 0.3) is 0 Å². The summed E-state index contributed by atoms with van der Waals surface area (Å²) in [6, 6.07) is 2.07. The van der Waals surface area contributed by atoms with E-state index in [1.54, 1.807) is 17.1 Å². The topological polar surface area (TPSA) is 125 Å². The third kappa shape index (κ3) is 4.34. The van der Waals surface area contributed by atoms with Crippen LogP contribution in [0.15, 0.2) is 16.8 Å². The number of hydrogen-bond acceptors (Lipinski definition) is 6. The summed E-state index contributed by atoms with van der Waals surface area (Å²) in [5.41, 5.74) is -0.638. The minimum Gasteiger partial charge on any atom is -0.390 e. The maximum atomic E-state index is 13.4. The fraction of sp³-hybridized carbons (Fsp3) is 0.778. The van der Waals surface area contributed by atoms with Crippen LogP contribution in [0.3, 0.4) is 0 Å². The molecule has 1 aromatic rings. The molecular formula is C27H38N4O4S. The first kappa shape index (κ1) is 25.6. The molecule has 4 saturated carbocycles. The minimum absolute atomic E-state index is 0.0244. The molecule has 0 aliphatic heterocycles. The lowest BCUT2D eigenvalue weighted by atomic mass is 9.43. The van der Waals surface area contributed by atoms with Gasteiger partial charge < -0.3 is 5.11 Å². The van der Waals surface area contributed by atoms with Crippen molar-refractivity contribution in [1.82, 2.24) is 9.78 Å². The van der Waals surface area contributed by atoms with E-state index in [1.165, 1.54) is 6.20 Å². The van der Waals surface area contributed by atoms with E-state index in [0.717, 1.165) is 51.2 Å². The first-order chi connectivity index (χ1) is 16.9. The maximum absolute atomic E-state index is 13.4. The quantitative estimate of drug-likeness (QED) is 0.597. The Balaban J connectivity index is 1.41. The Bertz CT molecular complexity index is 1210. The number of carbonyl (C=O) groups is 1. The third-order valence-electron chi connectivity index (χ3n) is 10.5. The highest BCUT2D eigenvalue weighted by molar-refractivity contribution is 7.89. The number of nitrogens with zero attached hydrogens (tertiary/aromatic N) is 4. The van der Waals surface area contributed by atoms with E-state index in [0.29, 0.717) is 36.2 Å². The van der Waals surface area contributed by atoms with Gasteiger partial charge in [-0.25, -0.2) is 8.42 Å². The van der Waals surface area contributed by atoms with Crippen molar-refractivity contribution in [3.8, 4) is 6.07 Å². The van der Waals surface area contributed by atoms with Crippen LogP contribution in [0.5, 0.6) is 0 Å². The molecule has 36 heavy (non-hydrogen) atoms. The second kappa shape index (κ2) is 8.76. The van der Waals surface area contributed by atoms with Gasteiger partial charge in [0.25, 0.3) is 0 Å². The Hall–Kier alpha value is -2.05. The highest BCUT2D eigenvalue weighted by atomic mass is 32.2. The van der Waals surface area contributed by atoms with Crippen LogP contribution in [0.2, 0.25) is 0 Å². The Labute approximate surface area is 214 Å². The molecule has 0 spiro atoms. The molecule has 0 amide bonds. The van der Waals surface area contributed by atoms with Gasteiger partial charge in [-0.2, -0.15) is 14.8 Å². The number of aromatic nitrogens is 2. The second-order valence-electron chi connectivity index (χ2n) is 12.6. The number of carbonyl (C=O) groups excluding carboxylic acids is 1. The summed E-state index contributed by atoms with van der Waals surface area (Å²) in [6.45, 7) is 4.40. The number of nitriles is 1. The fourth-order valence-electron chi connectivity index (χ4n) is 8.89. The average Bonchev–Trinajstić information content (AvgIpc) is 3.40. The van der Waals surface area contributed by atoms with Gasteiger partial charge in [0.2, 0.25) is 10.0 Å². The molecular weight excluding hydrogens is 476 g/mol. The first-order valence-corrected chi connectivity index (χ1v) is 15.2. The largest absolute Gasteiger partial charge is 0.390 e. The molecule has 8 atom stereocenters. The highest BCUT2D eigenvalue weighted by Crippen LogP contribution is 2.67. The average molecular weight is 515 g/mol. The van der Waals surface area contributed by atoms with Gasteiger partial charge in [0.05, 0.1) is 30.2 Å². The number of Topliss-reactive ketones (excluding diaryl/α,β-unsaturated/α-hetero) is 1. The predicted molar refractivity (Wildman–Crippen MR) is 135 cm³/mol. The summed E-state index contributed by atoms with van der Waals surface area (Å²) < 4.78 is 29.7. The van der Waals surface area contributed by atoms with Gasteiger partial charge in [0.1, 0.15) is 6.07 Å². The molecule has 8 nitrogen and oxygen atoms in total. The van der Waals surface area contributed by atoms with Crippen molar-refractivity contribution < 1.29 is 18.3 Å². The Morgan fingerprint density at radius 3 is 2.69 bits per heavy atom. The predicted octanol–water partition coefficient (Wildman–Crippen LogP) is 3.74. The minimum atomic E-state index is -3.49. The number of fused-ring (bicyclic) bond motifs is 5. The molecule has 0 aromatic carbocycles. The molecule has 196 valence electrons. The highest BCUT2D eigenvalue weighted by Gasteiger charge is 2.62. The lowest BCUT2D eigenvalue weighted by molar-refractivity contribution is -0.137. The van der Waals surface area contributed by atoms with Crippen LogP contribution in [0.4, 0.5) is 0 Å². The van der Waals surface area contributed by atoms with Crippen LogP contribution in [0.1, 0.15) is 77.2 Å². The summed E-state index contributed by atoms with van der Waals surface area (Å²) >= 11 is 0. The van der Waals surface area contributed by atoms with Gasteiger partial charge in [-0.3, -0.25) is 9.48 Å². The van der Waals surface area contributed by atoms with Crippen molar-refractivity contribution in [3.63, 3.8) is 0 Å². The lowest BCUT2D eigenvalue weighted by Crippen LogP contribution is -2.57. The van der Waals surface area contributed by atoms with Crippen molar-refractivity contribution in [1.29, 1.82) is 5.26 Å². The van der Waals surface area contributed by atoms with Gasteiger partial charge in [-0.15, -0.1) is 0 Å². The molecule has 1 aromatic heterocycles. The number of sulfonamides is 1. The Morgan fingerprint density at radius 2 is 2.00 bits per heavy atom. The second-order valence-corrected chi connectivity index (χ2v) is 14.3. The Kier molecular flexibility index (Phi) is 6.23. The van der Waals surface area contributed by atoms with E-state index in [-0.39, 0.29) is 35.0 Å². The number of aliphatic hydroxyl groups is 1. The van der Waals surface area contributed by atoms with Gasteiger partial charge in [-0.05, 0) is 93.8 Å². The third-order valence-corrected chi connectivity index (χ3v) is 11.0. The maximum Gasteiger partial charge on any atom is 0.249 e. The van der Waals surface area contributed by atoms with E-state index < -0.39 is 15.6 Å². The van der Waals surface area contributed by atoms with Crippen molar-refractivity contribution in [3.05, 3.63) is 18.0 Å². The number of hydrogen-bond donors (Lipinski definition) is 1. The van der Waals surface area contributed by atoms with E-state index in [9.17, 15) is 18.3 Å². The molecule has 0 saturated heterocycles. The standard InChI is InChI=1S/C27H38N4O4S/c1-25(33)10-11-27(17-30-36(3,34)35)19(12-25)4-5-20-21-6-7-23(26(21,2)9-8-22(20)27)24(32)16-31-15-18(13-28)14-29-31/h14-15,17,19-23,33H,4-12,16H2,1-3H3/t19-,20+,21+,22+,23-,25-,26+,27-/m1/s1. The SMILES string of the molecule is C[C@@]1(O)CC[C@@]2(C=NS(C)(=O)=O)[C@H](CC[C@H]3[C@@H]4CC[C@H](C(=O)Cn5cc(C#N)cn5)[C@@]4(C)CC[C@@H]32)C1. The zero-order valence-electron chi connectivity index (χ0n) is 21.6. The smallest absolute Gasteiger partial charge is 0.249 e. The zero-order chi connectivity index (χ0) is 25.9. The molecule has 0 unspecified atom stereocenters. The molecule has 4 aliphatic rings. The number of rotatable bonds is 5. The zero-order valence-corrected chi connectivity index (χ0v) is 22.4. The first-order valence-electron chi connectivity index (χ1n) is 13.3. The van der Waals surface area contributed by atoms with Crippen LogP contribution < -0.4 is 0 Å². The van der Waals surface area contributed by atoms with E-state index in [4.69, 9.17) is 5.26 Å². The molecule has 0 radical (unpaired) electrons. The lowest BCUT2D eigenvalue weighted by Gasteiger charge is -2.61. The van der Waals surface area contributed by atoms with Crippen molar-refractivity contribution in [2.24, 2.45) is 44.8 Å². The molecule has 9 heteroatoms. The summed E-state index contributed by atoms with van der Waals surface area (Å²) in [7, 11) is -3.49. The fourth-order valence-corrected chi connectivity index (χ4v) is 9.28. The van der Waals surface area contributed by atoms with Crippen LogP contribution >= 0.6 is 0 Å². The molecule has 5 rings (SSSR count). The van der Waals surface area contributed by atoms with E-state index >= 15 is 0 Å². The van der Waals surface area contributed by atoms with Crippen molar-refractivity contribution in [2.75, 3.05) is 6.26 Å². The summed E-state index contributed by atoms with van der Waals surface area (Å²) in [4.78, 5) is 13.4. The summed E-state index contributed by atoms with van der Waals surface area (Å²) in [6.07, 6.45) is 13.9. The van der Waals surface area contributed by atoms with E-state index in [1.807, 2.05) is 6.92 Å². The van der Waals surface area contributed by atoms with Crippen molar-refractivity contribution >= 4 is 22.0 Å². The number of ketones is 1. The van der Waals surface area contributed by atoms with Gasteiger partial charge >= 0.3 is 0 Å². The molecule has 4 fully saturated rings. The van der Waals surface area contributed by atoms with Crippen LogP contribution in [-0.4, -0.2) is 47.2 Å². The van der Waals surface area contributed by atoms with Gasteiger partial charge in [0.15, 0.2) is 5.78 Å².